The molecule has 10 heteroatoms. The predicted molar refractivity (Wildman–Crippen MR) is 114 cm³/mol. The predicted octanol–water partition coefficient (Wildman–Crippen LogP) is 3.40. The number of hydrazone groups is 1. The minimum Gasteiger partial charge on any atom is -0.493 e. The van der Waals surface area contributed by atoms with E-state index < -0.39 is 10.8 Å². The summed E-state index contributed by atoms with van der Waals surface area (Å²) in [6, 6.07) is 8.92. The van der Waals surface area contributed by atoms with E-state index in [1.807, 2.05) is 0 Å². The van der Waals surface area contributed by atoms with Crippen LogP contribution in [-0.4, -0.2) is 44.7 Å². The van der Waals surface area contributed by atoms with Crippen molar-refractivity contribution in [1.82, 2.24) is 0 Å². The van der Waals surface area contributed by atoms with Crippen molar-refractivity contribution < 1.29 is 28.7 Å². The van der Waals surface area contributed by atoms with Crippen LogP contribution in [0.15, 0.2) is 47.1 Å². The average molecular weight is 427 g/mol. The lowest BCUT2D eigenvalue weighted by molar-refractivity contribution is -0.384. The van der Waals surface area contributed by atoms with Gasteiger partial charge in [-0.25, -0.2) is 0 Å². The van der Waals surface area contributed by atoms with Crippen LogP contribution in [0.4, 0.5) is 11.4 Å². The lowest BCUT2D eigenvalue weighted by Gasteiger charge is -2.14. The number of hydrogen-bond acceptors (Lipinski definition) is 8. The molecule has 0 saturated heterocycles. The summed E-state index contributed by atoms with van der Waals surface area (Å²) in [4.78, 5) is 23.5. The molecule has 162 valence electrons. The summed E-state index contributed by atoms with van der Waals surface area (Å²) in [5.41, 5.74) is 1.04. The molecule has 1 aliphatic rings. The van der Waals surface area contributed by atoms with E-state index in [1.54, 1.807) is 25.1 Å². The number of nitrogens with zero attached hydrogens (tertiary/aromatic N) is 3. The van der Waals surface area contributed by atoms with Crippen molar-refractivity contribution in [2.24, 2.45) is 5.10 Å². The molecule has 1 aliphatic heterocycles. The van der Waals surface area contributed by atoms with Gasteiger partial charge in [-0.1, -0.05) is 0 Å². The average Bonchev–Trinajstić information content (AvgIpc) is 3.08. The Labute approximate surface area is 178 Å². The standard InChI is InChI=1S/C21H21N3O7/c1-5-31-20-16(12-13-6-11-17(28-2)19(30-4)18(13)29-3)21(25)23(22-20)14-7-9-15(10-8-14)24(26)27/h6-12H,5H2,1-4H3. The second kappa shape index (κ2) is 9.16. The largest absolute Gasteiger partial charge is 0.493 e. The van der Waals surface area contributed by atoms with Crippen molar-refractivity contribution in [2.45, 2.75) is 6.92 Å². The number of anilines is 1. The molecule has 0 spiro atoms. The number of nitro benzene ring substituents is 1. The summed E-state index contributed by atoms with van der Waals surface area (Å²) in [6.45, 7) is 2.07. The first-order valence-electron chi connectivity index (χ1n) is 9.26. The topological polar surface area (TPSA) is 113 Å². The van der Waals surface area contributed by atoms with Gasteiger partial charge in [-0.3, -0.25) is 14.9 Å². The monoisotopic (exact) mass is 427 g/mol. The third-order valence-electron chi connectivity index (χ3n) is 4.46. The molecule has 2 aromatic rings. The Bertz CT molecular complexity index is 1060. The van der Waals surface area contributed by atoms with Gasteiger partial charge < -0.3 is 18.9 Å². The smallest absolute Gasteiger partial charge is 0.284 e. The Morgan fingerprint density at radius 2 is 1.71 bits per heavy atom. The zero-order chi connectivity index (χ0) is 22.5. The van der Waals surface area contributed by atoms with Crippen molar-refractivity contribution in [3.05, 3.63) is 57.6 Å². The van der Waals surface area contributed by atoms with E-state index in [1.165, 1.54) is 45.6 Å². The Kier molecular flexibility index (Phi) is 6.39. The van der Waals surface area contributed by atoms with Crippen molar-refractivity contribution in [1.29, 1.82) is 0 Å². The van der Waals surface area contributed by atoms with E-state index in [0.717, 1.165) is 5.01 Å². The highest BCUT2D eigenvalue weighted by Crippen LogP contribution is 2.41. The molecule has 0 fully saturated rings. The highest BCUT2D eigenvalue weighted by Gasteiger charge is 2.33. The van der Waals surface area contributed by atoms with Crippen LogP contribution >= 0.6 is 0 Å². The van der Waals surface area contributed by atoms with Crippen LogP contribution in [-0.2, 0) is 9.53 Å². The van der Waals surface area contributed by atoms with Gasteiger partial charge >= 0.3 is 0 Å². The molecule has 0 aliphatic carbocycles. The number of carbonyl (C=O) groups excluding carboxylic acids is 1. The van der Waals surface area contributed by atoms with E-state index in [4.69, 9.17) is 18.9 Å². The molecule has 0 aromatic heterocycles. The second-order valence-electron chi connectivity index (χ2n) is 6.21. The van der Waals surface area contributed by atoms with Gasteiger partial charge in [-0.2, -0.15) is 5.01 Å². The van der Waals surface area contributed by atoms with Gasteiger partial charge in [0.1, 0.15) is 5.57 Å². The number of hydrogen-bond donors (Lipinski definition) is 0. The zero-order valence-corrected chi connectivity index (χ0v) is 17.4. The van der Waals surface area contributed by atoms with Gasteiger partial charge in [0, 0.05) is 17.7 Å². The van der Waals surface area contributed by atoms with Crippen molar-refractivity contribution in [2.75, 3.05) is 32.9 Å². The molecule has 0 N–H and O–H groups in total. The molecule has 1 heterocycles. The summed E-state index contributed by atoms with van der Waals surface area (Å²) < 4.78 is 21.7. The molecule has 10 nitrogen and oxygen atoms in total. The summed E-state index contributed by atoms with van der Waals surface area (Å²) >= 11 is 0. The van der Waals surface area contributed by atoms with Gasteiger partial charge in [0.25, 0.3) is 11.6 Å². The van der Waals surface area contributed by atoms with Crippen LogP contribution in [0.3, 0.4) is 0 Å². The SMILES string of the molecule is CCOC1=NN(c2ccc([N+](=O)[O-])cc2)C(=O)C1=Cc1ccc(OC)c(OC)c1OC. The zero-order valence-electron chi connectivity index (χ0n) is 17.4. The molecule has 0 atom stereocenters. The Morgan fingerprint density at radius 3 is 2.26 bits per heavy atom. The number of methoxy groups -OCH3 is 3. The van der Waals surface area contributed by atoms with Crippen molar-refractivity contribution in [3.63, 3.8) is 0 Å². The fraction of sp³-hybridized carbons (Fsp3) is 0.238. The maximum absolute atomic E-state index is 13.1. The lowest BCUT2D eigenvalue weighted by Crippen LogP contribution is -2.21. The number of nitro groups is 1. The highest BCUT2D eigenvalue weighted by molar-refractivity contribution is 6.30. The van der Waals surface area contributed by atoms with E-state index in [-0.39, 0.29) is 17.2 Å². The second-order valence-corrected chi connectivity index (χ2v) is 6.21. The fourth-order valence-corrected chi connectivity index (χ4v) is 3.05. The van der Waals surface area contributed by atoms with Crippen molar-refractivity contribution >= 4 is 29.3 Å². The van der Waals surface area contributed by atoms with Crippen LogP contribution < -0.4 is 19.2 Å². The third-order valence-corrected chi connectivity index (χ3v) is 4.46. The first-order valence-corrected chi connectivity index (χ1v) is 9.26. The van der Waals surface area contributed by atoms with E-state index in [9.17, 15) is 14.9 Å². The normalized spacial score (nSPS) is 14.5. The summed E-state index contributed by atoms with van der Waals surface area (Å²) in [7, 11) is 4.48. The van der Waals surface area contributed by atoms with Gasteiger partial charge in [0.15, 0.2) is 11.5 Å². The Balaban J connectivity index is 2.05. The summed E-state index contributed by atoms with van der Waals surface area (Å²) in [5, 5.41) is 16.3. The summed E-state index contributed by atoms with van der Waals surface area (Å²) in [5.74, 6) is 0.918. The molecular weight excluding hydrogens is 406 g/mol. The first-order chi connectivity index (χ1) is 14.9. The van der Waals surface area contributed by atoms with Gasteiger partial charge in [0.05, 0.1) is 38.5 Å². The van der Waals surface area contributed by atoms with E-state index >= 15 is 0 Å². The van der Waals surface area contributed by atoms with Crippen LogP contribution in [0.1, 0.15) is 12.5 Å². The Morgan fingerprint density at radius 1 is 1.03 bits per heavy atom. The van der Waals surface area contributed by atoms with Gasteiger partial charge in [0.2, 0.25) is 11.6 Å². The van der Waals surface area contributed by atoms with Crippen LogP contribution in [0.25, 0.3) is 6.08 Å². The minimum atomic E-state index is -0.515. The van der Waals surface area contributed by atoms with Gasteiger partial charge in [-0.05, 0) is 37.3 Å². The number of non-ortho nitro benzene ring substituents is 1. The van der Waals surface area contributed by atoms with Crippen LogP contribution in [0.2, 0.25) is 0 Å². The third kappa shape index (κ3) is 4.13. The quantitative estimate of drug-likeness (QED) is 0.378. The van der Waals surface area contributed by atoms with E-state index in [0.29, 0.717) is 35.1 Å². The molecule has 2 aromatic carbocycles. The molecule has 0 saturated carbocycles. The molecule has 0 bridgehead atoms. The molecule has 0 unspecified atom stereocenters. The summed E-state index contributed by atoms with van der Waals surface area (Å²) in [6.07, 6.45) is 1.59. The number of rotatable bonds is 7. The number of carbonyl (C=O) groups is 1. The molecule has 0 radical (unpaired) electrons. The first kappa shape index (κ1) is 21.6. The molecular formula is C21H21N3O7. The Hall–Kier alpha value is -4.08. The molecule has 1 amide bonds. The maximum Gasteiger partial charge on any atom is 0.284 e. The number of amides is 1. The maximum atomic E-state index is 13.1. The van der Waals surface area contributed by atoms with Crippen LogP contribution in [0, 0.1) is 10.1 Å². The molecule has 3 rings (SSSR count). The van der Waals surface area contributed by atoms with Crippen LogP contribution in [0.5, 0.6) is 17.2 Å². The van der Waals surface area contributed by atoms with Gasteiger partial charge in [-0.15, -0.1) is 5.10 Å². The fourth-order valence-electron chi connectivity index (χ4n) is 3.05. The minimum absolute atomic E-state index is 0.0877. The highest BCUT2D eigenvalue weighted by atomic mass is 16.6. The van der Waals surface area contributed by atoms with Crippen molar-refractivity contribution in [3.8, 4) is 17.2 Å². The number of ether oxygens (including phenoxy) is 4. The molecule has 31 heavy (non-hydrogen) atoms. The number of benzene rings is 2. The van der Waals surface area contributed by atoms with E-state index in [2.05, 4.69) is 5.10 Å². The lowest BCUT2D eigenvalue weighted by atomic mass is 10.1.